The summed E-state index contributed by atoms with van der Waals surface area (Å²) < 4.78 is 7.82. The molecule has 1 aromatic carbocycles. The number of nitrogens with two attached hydrogens (primary N) is 1. The SMILES string of the molecule is Nc1ncnc2c1ncn2[C@@H]1O[C@H](CO)[C@@H](Cl)[C@@H]1Sc1ccccc1. The number of fused-ring (bicyclic) bond motifs is 1. The summed E-state index contributed by atoms with van der Waals surface area (Å²) in [4.78, 5) is 13.6. The number of thioether (sulfide) groups is 1. The van der Waals surface area contributed by atoms with Gasteiger partial charge in [-0.15, -0.1) is 23.4 Å². The number of aromatic nitrogens is 4. The fourth-order valence-electron chi connectivity index (χ4n) is 2.90. The van der Waals surface area contributed by atoms with Gasteiger partial charge in [0.25, 0.3) is 0 Å². The van der Waals surface area contributed by atoms with Crippen LogP contribution in [-0.2, 0) is 4.74 Å². The van der Waals surface area contributed by atoms with Crippen LogP contribution in [-0.4, -0.2) is 48.0 Å². The maximum atomic E-state index is 9.60. The minimum atomic E-state index is -0.468. The molecule has 4 rings (SSSR count). The summed E-state index contributed by atoms with van der Waals surface area (Å²) in [5, 5.41) is 9.11. The average Bonchev–Trinajstić information content (AvgIpc) is 3.19. The second kappa shape index (κ2) is 6.80. The molecule has 130 valence electrons. The summed E-state index contributed by atoms with van der Waals surface area (Å²) in [6, 6.07) is 9.94. The zero-order chi connectivity index (χ0) is 17.4. The fraction of sp³-hybridized carbons (Fsp3) is 0.312. The Kier molecular flexibility index (Phi) is 4.51. The van der Waals surface area contributed by atoms with Gasteiger partial charge in [0.1, 0.15) is 17.9 Å². The molecule has 3 heterocycles. The summed E-state index contributed by atoms with van der Waals surface area (Å²) in [7, 11) is 0. The van der Waals surface area contributed by atoms with Gasteiger partial charge in [0.05, 0.1) is 23.6 Å². The van der Waals surface area contributed by atoms with E-state index in [1.54, 1.807) is 22.7 Å². The Balaban J connectivity index is 1.73. The van der Waals surface area contributed by atoms with E-state index in [9.17, 15) is 5.11 Å². The highest BCUT2D eigenvalue weighted by atomic mass is 35.5. The first kappa shape index (κ1) is 16.6. The summed E-state index contributed by atoms with van der Waals surface area (Å²) >= 11 is 8.20. The molecule has 1 aliphatic rings. The highest BCUT2D eigenvalue weighted by molar-refractivity contribution is 8.00. The Morgan fingerprint density at radius 2 is 2.04 bits per heavy atom. The van der Waals surface area contributed by atoms with Gasteiger partial charge in [0, 0.05) is 4.90 Å². The molecular weight excluding hydrogens is 362 g/mol. The van der Waals surface area contributed by atoms with Crippen molar-refractivity contribution >= 4 is 40.3 Å². The summed E-state index contributed by atoms with van der Waals surface area (Å²) in [6.45, 7) is -0.153. The second-order valence-electron chi connectivity index (χ2n) is 5.67. The molecule has 0 aliphatic carbocycles. The molecule has 1 saturated heterocycles. The lowest BCUT2D eigenvalue weighted by Crippen LogP contribution is -2.26. The van der Waals surface area contributed by atoms with Crippen LogP contribution in [0.25, 0.3) is 11.2 Å². The van der Waals surface area contributed by atoms with Crippen molar-refractivity contribution in [1.82, 2.24) is 19.5 Å². The molecule has 3 aromatic rings. The first-order valence-corrected chi connectivity index (χ1v) is 9.05. The lowest BCUT2D eigenvalue weighted by atomic mass is 10.2. The van der Waals surface area contributed by atoms with Gasteiger partial charge in [-0.25, -0.2) is 15.0 Å². The monoisotopic (exact) mass is 377 g/mol. The zero-order valence-electron chi connectivity index (χ0n) is 13.1. The molecular formula is C16H16ClN5O2S. The van der Waals surface area contributed by atoms with Gasteiger partial charge >= 0.3 is 0 Å². The van der Waals surface area contributed by atoms with E-state index >= 15 is 0 Å². The molecule has 4 atom stereocenters. The van der Waals surface area contributed by atoms with Crippen molar-refractivity contribution in [3.8, 4) is 0 Å². The third-order valence-electron chi connectivity index (χ3n) is 4.12. The number of alkyl halides is 1. The minimum absolute atomic E-state index is 0.130. The molecule has 0 radical (unpaired) electrons. The number of benzene rings is 1. The number of nitrogen functional groups attached to an aromatic ring is 1. The van der Waals surface area contributed by atoms with E-state index in [0.29, 0.717) is 17.0 Å². The Hall–Kier alpha value is -1.87. The quantitative estimate of drug-likeness (QED) is 0.671. The van der Waals surface area contributed by atoms with Crippen molar-refractivity contribution in [2.45, 2.75) is 27.9 Å². The maximum absolute atomic E-state index is 9.60. The molecule has 0 unspecified atom stereocenters. The third kappa shape index (κ3) is 2.95. The third-order valence-corrected chi connectivity index (χ3v) is 6.17. The summed E-state index contributed by atoms with van der Waals surface area (Å²) in [6.07, 6.45) is 2.13. The van der Waals surface area contributed by atoms with Gasteiger partial charge in [-0.05, 0) is 12.1 Å². The van der Waals surface area contributed by atoms with Crippen molar-refractivity contribution in [2.24, 2.45) is 0 Å². The highest BCUT2D eigenvalue weighted by Gasteiger charge is 2.45. The fourth-order valence-corrected chi connectivity index (χ4v) is 4.57. The average molecular weight is 378 g/mol. The van der Waals surface area contributed by atoms with E-state index in [1.165, 1.54) is 6.33 Å². The number of ether oxygens (including phenoxy) is 1. The van der Waals surface area contributed by atoms with Crippen LogP contribution in [0.15, 0.2) is 47.9 Å². The number of hydrogen-bond acceptors (Lipinski definition) is 7. The number of anilines is 1. The van der Waals surface area contributed by atoms with Gasteiger partial charge in [-0.2, -0.15) is 0 Å². The number of rotatable bonds is 4. The Bertz CT molecular complexity index is 877. The van der Waals surface area contributed by atoms with Crippen molar-refractivity contribution < 1.29 is 9.84 Å². The molecule has 3 N–H and O–H groups in total. The molecule has 0 amide bonds. The highest BCUT2D eigenvalue weighted by Crippen LogP contribution is 2.44. The van der Waals surface area contributed by atoms with Gasteiger partial charge in [0.15, 0.2) is 17.7 Å². The topological polar surface area (TPSA) is 99.1 Å². The van der Waals surface area contributed by atoms with E-state index in [0.717, 1.165) is 4.90 Å². The van der Waals surface area contributed by atoms with Crippen LogP contribution in [0.2, 0.25) is 0 Å². The van der Waals surface area contributed by atoms with Crippen molar-refractivity contribution in [3.05, 3.63) is 43.0 Å². The Morgan fingerprint density at radius 1 is 1.24 bits per heavy atom. The van der Waals surface area contributed by atoms with Gasteiger partial charge in [-0.3, -0.25) is 4.57 Å². The number of hydrogen-bond donors (Lipinski definition) is 2. The van der Waals surface area contributed by atoms with E-state index in [-0.39, 0.29) is 17.2 Å². The van der Waals surface area contributed by atoms with Gasteiger partial charge in [-0.1, -0.05) is 18.2 Å². The van der Waals surface area contributed by atoms with E-state index in [2.05, 4.69) is 15.0 Å². The van der Waals surface area contributed by atoms with Crippen LogP contribution < -0.4 is 5.73 Å². The van der Waals surface area contributed by atoms with E-state index < -0.39 is 12.3 Å². The predicted octanol–water partition coefficient (Wildman–Crippen LogP) is 2.07. The van der Waals surface area contributed by atoms with E-state index in [1.807, 2.05) is 30.3 Å². The van der Waals surface area contributed by atoms with Gasteiger partial charge in [0.2, 0.25) is 0 Å². The van der Waals surface area contributed by atoms with Crippen molar-refractivity contribution in [2.75, 3.05) is 12.3 Å². The predicted molar refractivity (Wildman–Crippen MR) is 96.5 cm³/mol. The van der Waals surface area contributed by atoms with Crippen LogP contribution in [0, 0.1) is 0 Å². The van der Waals surface area contributed by atoms with Crippen LogP contribution in [0.5, 0.6) is 0 Å². The maximum Gasteiger partial charge on any atom is 0.167 e. The Morgan fingerprint density at radius 3 is 2.80 bits per heavy atom. The first-order valence-electron chi connectivity index (χ1n) is 7.74. The first-order chi connectivity index (χ1) is 12.2. The summed E-state index contributed by atoms with van der Waals surface area (Å²) in [5.74, 6) is 0.315. The smallest absolute Gasteiger partial charge is 0.167 e. The number of imidazole rings is 1. The number of halogens is 1. The summed E-state index contributed by atoms with van der Waals surface area (Å²) in [5.41, 5.74) is 6.97. The lowest BCUT2D eigenvalue weighted by Gasteiger charge is -2.21. The molecule has 9 heteroatoms. The Labute approximate surface area is 153 Å². The van der Waals surface area contributed by atoms with Crippen LogP contribution in [0.1, 0.15) is 6.23 Å². The largest absolute Gasteiger partial charge is 0.394 e. The number of aliphatic hydroxyl groups excluding tert-OH is 1. The molecule has 0 bridgehead atoms. The van der Waals surface area contributed by atoms with Crippen LogP contribution >= 0.6 is 23.4 Å². The van der Waals surface area contributed by atoms with Gasteiger partial charge < -0.3 is 15.6 Å². The number of aliphatic hydroxyl groups is 1. The molecule has 0 saturated carbocycles. The molecule has 1 fully saturated rings. The van der Waals surface area contributed by atoms with E-state index in [4.69, 9.17) is 22.1 Å². The molecule has 1 aliphatic heterocycles. The second-order valence-corrected chi connectivity index (χ2v) is 7.43. The number of nitrogens with zero attached hydrogens (tertiary/aromatic N) is 4. The zero-order valence-corrected chi connectivity index (χ0v) is 14.6. The van der Waals surface area contributed by atoms with Crippen molar-refractivity contribution in [3.63, 3.8) is 0 Å². The standard InChI is InChI=1S/C16H16ClN5O2S/c17-11-10(6-23)24-16(13(11)25-9-4-2-1-3-5-9)22-8-21-12-14(18)19-7-20-15(12)22/h1-5,7-8,10-11,13,16,23H,6H2,(H2,18,19,20)/t10-,11-,13+,16-/m1/s1. The van der Waals surface area contributed by atoms with Crippen molar-refractivity contribution in [1.29, 1.82) is 0 Å². The molecule has 7 nitrogen and oxygen atoms in total. The minimum Gasteiger partial charge on any atom is -0.394 e. The molecule has 0 spiro atoms. The lowest BCUT2D eigenvalue weighted by molar-refractivity contribution is -0.0189. The molecule has 25 heavy (non-hydrogen) atoms. The molecule has 2 aromatic heterocycles. The van der Waals surface area contributed by atoms with Crippen LogP contribution in [0.4, 0.5) is 5.82 Å². The van der Waals surface area contributed by atoms with Crippen LogP contribution in [0.3, 0.4) is 0 Å². The normalized spacial score (nSPS) is 26.3.